The number of aromatic nitrogens is 7. The normalized spacial score (nSPS) is 10.6. The maximum absolute atomic E-state index is 4.30. The Morgan fingerprint density at radius 2 is 1.71 bits per heavy atom. The Hall–Kier alpha value is -2.90. The van der Waals surface area contributed by atoms with Gasteiger partial charge in [0.05, 0.1) is 5.69 Å². The maximum Gasteiger partial charge on any atom is 0.289 e. The van der Waals surface area contributed by atoms with Crippen molar-refractivity contribution in [3.05, 3.63) is 41.3 Å². The number of aryl methyl sites for hydroxylation is 3. The van der Waals surface area contributed by atoms with Crippen molar-refractivity contribution in [1.82, 2.24) is 35.2 Å². The van der Waals surface area contributed by atoms with Gasteiger partial charge in [-0.2, -0.15) is 5.10 Å². The molecule has 21 heavy (non-hydrogen) atoms. The zero-order valence-corrected chi connectivity index (χ0v) is 11.9. The van der Waals surface area contributed by atoms with E-state index in [0.29, 0.717) is 17.7 Å². The number of nitrogens with one attached hydrogen (secondary N) is 1. The first kappa shape index (κ1) is 13.1. The van der Waals surface area contributed by atoms with Crippen molar-refractivity contribution < 1.29 is 0 Å². The molecule has 0 radical (unpaired) electrons. The van der Waals surface area contributed by atoms with E-state index in [4.69, 9.17) is 0 Å². The molecule has 1 N–H and O–H groups in total. The van der Waals surface area contributed by atoms with Gasteiger partial charge in [0, 0.05) is 11.4 Å². The third-order valence-corrected chi connectivity index (χ3v) is 2.80. The van der Waals surface area contributed by atoms with E-state index < -0.39 is 0 Å². The zero-order valence-electron chi connectivity index (χ0n) is 11.9. The first-order valence-electron chi connectivity index (χ1n) is 6.43. The third kappa shape index (κ3) is 2.83. The van der Waals surface area contributed by atoms with Crippen molar-refractivity contribution in [3.63, 3.8) is 0 Å². The standard InChI is InChI=1S/C13H14N8/c1-8-5-4-6-11(14-8)15-12-16-18-13(19-17-12)21-10(3)7-9(2)20-21/h4-7H,1-3H3,(H,14,15,16,17). The van der Waals surface area contributed by atoms with Crippen LogP contribution in [0.1, 0.15) is 17.1 Å². The lowest BCUT2D eigenvalue weighted by atomic mass is 10.4. The minimum atomic E-state index is 0.290. The highest BCUT2D eigenvalue weighted by Crippen LogP contribution is 2.10. The van der Waals surface area contributed by atoms with Crippen LogP contribution >= 0.6 is 0 Å². The second-order valence-electron chi connectivity index (χ2n) is 4.65. The Morgan fingerprint density at radius 1 is 0.952 bits per heavy atom. The van der Waals surface area contributed by atoms with E-state index in [1.807, 2.05) is 45.0 Å². The molecule has 0 saturated heterocycles. The first-order valence-corrected chi connectivity index (χ1v) is 6.43. The molecular formula is C13H14N8. The smallest absolute Gasteiger partial charge is 0.289 e. The number of pyridine rings is 1. The number of hydrogen-bond acceptors (Lipinski definition) is 7. The zero-order chi connectivity index (χ0) is 14.8. The predicted octanol–water partition coefficient (Wildman–Crippen LogP) is 1.52. The van der Waals surface area contributed by atoms with Crippen LogP contribution in [0.3, 0.4) is 0 Å². The van der Waals surface area contributed by atoms with Gasteiger partial charge >= 0.3 is 0 Å². The van der Waals surface area contributed by atoms with Gasteiger partial charge in [0.15, 0.2) is 0 Å². The van der Waals surface area contributed by atoms with E-state index in [1.54, 1.807) is 4.68 Å². The largest absolute Gasteiger partial charge is 0.306 e. The number of nitrogens with zero attached hydrogens (tertiary/aromatic N) is 7. The van der Waals surface area contributed by atoms with E-state index in [0.717, 1.165) is 17.1 Å². The average molecular weight is 282 g/mol. The lowest BCUT2D eigenvalue weighted by Gasteiger charge is -2.04. The molecule has 8 nitrogen and oxygen atoms in total. The molecule has 0 unspecified atom stereocenters. The molecule has 0 spiro atoms. The lowest BCUT2D eigenvalue weighted by molar-refractivity contribution is 0.713. The molecule has 0 fully saturated rings. The van der Waals surface area contributed by atoms with Crippen molar-refractivity contribution in [2.75, 3.05) is 5.32 Å². The monoisotopic (exact) mass is 282 g/mol. The summed E-state index contributed by atoms with van der Waals surface area (Å²) in [7, 11) is 0. The van der Waals surface area contributed by atoms with Crippen LogP contribution in [-0.4, -0.2) is 35.2 Å². The van der Waals surface area contributed by atoms with E-state index in [9.17, 15) is 0 Å². The van der Waals surface area contributed by atoms with Crippen molar-refractivity contribution in [2.24, 2.45) is 0 Å². The molecular weight excluding hydrogens is 268 g/mol. The molecule has 0 amide bonds. The molecule has 0 aromatic carbocycles. The summed E-state index contributed by atoms with van der Waals surface area (Å²) < 4.78 is 1.60. The average Bonchev–Trinajstić information content (AvgIpc) is 2.79. The Bertz CT molecular complexity index is 762. The molecule has 3 heterocycles. The molecule has 0 bridgehead atoms. The molecule has 0 atom stereocenters. The minimum absolute atomic E-state index is 0.290. The van der Waals surface area contributed by atoms with Gasteiger partial charge in [-0.15, -0.1) is 20.4 Å². The quantitative estimate of drug-likeness (QED) is 0.778. The molecule has 3 rings (SSSR count). The molecule has 3 aromatic rings. The Kier molecular flexibility index (Phi) is 3.27. The van der Waals surface area contributed by atoms with Gasteiger partial charge < -0.3 is 5.32 Å². The summed E-state index contributed by atoms with van der Waals surface area (Å²) in [5, 5.41) is 23.3. The highest BCUT2D eigenvalue weighted by molar-refractivity contribution is 5.46. The minimum Gasteiger partial charge on any atom is -0.306 e. The SMILES string of the molecule is Cc1cccc(Nc2nnc(-n3nc(C)cc3C)nn2)n1. The molecule has 8 heteroatoms. The Labute approximate surface area is 121 Å². The topological polar surface area (TPSA) is 94.3 Å². The molecule has 0 aliphatic heterocycles. The van der Waals surface area contributed by atoms with E-state index in [2.05, 4.69) is 35.8 Å². The lowest BCUT2D eigenvalue weighted by Crippen LogP contribution is -2.10. The first-order chi connectivity index (χ1) is 10.1. The Morgan fingerprint density at radius 3 is 2.33 bits per heavy atom. The van der Waals surface area contributed by atoms with Gasteiger partial charge in [-0.1, -0.05) is 6.07 Å². The fourth-order valence-electron chi connectivity index (χ4n) is 1.92. The highest BCUT2D eigenvalue weighted by Gasteiger charge is 2.08. The van der Waals surface area contributed by atoms with Crippen LogP contribution in [-0.2, 0) is 0 Å². The van der Waals surface area contributed by atoms with Crippen LogP contribution in [0.4, 0.5) is 11.8 Å². The summed E-state index contributed by atoms with van der Waals surface area (Å²) >= 11 is 0. The third-order valence-electron chi connectivity index (χ3n) is 2.80. The molecule has 0 aliphatic rings. The van der Waals surface area contributed by atoms with Crippen LogP contribution in [0, 0.1) is 20.8 Å². The Balaban J connectivity index is 1.83. The van der Waals surface area contributed by atoms with Crippen LogP contribution < -0.4 is 5.32 Å². The van der Waals surface area contributed by atoms with Crippen molar-refractivity contribution in [2.45, 2.75) is 20.8 Å². The maximum atomic E-state index is 4.30. The van der Waals surface area contributed by atoms with Gasteiger partial charge in [0.2, 0.25) is 0 Å². The molecule has 106 valence electrons. The van der Waals surface area contributed by atoms with Gasteiger partial charge in [-0.25, -0.2) is 9.67 Å². The van der Waals surface area contributed by atoms with Gasteiger partial charge in [-0.05, 0) is 39.0 Å². The van der Waals surface area contributed by atoms with Crippen molar-refractivity contribution >= 4 is 11.8 Å². The van der Waals surface area contributed by atoms with E-state index in [1.165, 1.54) is 0 Å². The van der Waals surface area contributed by atoms with Crippen LogP contribution in [0.25, 0.3) is 5.95 Å². The molecule has 0 saturated carbocycles. The van der Waals surface area contributed by atoms with Gasteiger partial charge in [-0.3, -0.25) is 0 Å². The predicted molar refractivity (Wildman–Crippen MR) is 76.5 cm³/mol. The summed E-state index contributed by atoms with van der Waals surface area (Å²) in [6.07, 6.45) is 0. The summed E-state index contributed by atoms with van der Waals surface area (Å²) in [6.45, 7) is 5.74. The van der Waals surface area contributed by atoms with Gasteiger partial charge in [0.25, 0.3) is 11.9 Å². The van der Waals surface area contributed by atoms with Crippen LogP contribution in [0.2, 0.25) is 0 Å². The fraction of sp³-hybridized carbons (Fsp3) is 0.231. The fourth-order valence-corrected chi connectivity index (χ4v) is 1.92. The number of rotatable bonds is 3. The van der Waals surface area contributed by atoms with E-state index >= 15 is 0 Å². The van der Waals surface area contributed by atoms with Crippen LogP contribution in [0.15, 0.2) is 24.3 Å². The number of anilines is 2. The summed E-state index contributed by atoms with van der Waals surface area (Å²) in [5.74, 6) is 1.28. The van der Waals surface area contributed by atoms with E-state index in [-0.39, 0.29) is 0 Å². The number of hydrogen-bond donors (Lipinski definition) is 1. The highest BCUT2D eigenvalue weighted by atomic mass is 15.5. The summed E-state index contributed by atoms with van der Waals surface area (Å²) in [4.78, 5) is 4.30. The van der Waals surface area contributed by atoms with Crippen molar-refractivity contribution in [1.29, 1.82) is 0 Å². The summed E-state index contributed by atoms with van der Waals surface area (Å²) in [6, 6.07) is 7.57. The molecule has 0 aliphatic carbocycles. The van der Waals surface area contributed by atoms with Crippen molar-refractivity contribution in [3.8, 4) is 5.95 Å². The van der Waals surface area contributed by atoms with Gasteiger partial charge in [0.1, 0.15) is 5.82 Å². The van der Waals surface area contributed by atoms with Crippen LogP contribution in [0.5, 0.6) is 0 Å². The second kappa shape index (κ2) is 5.23. The second-order valence-corrected chi connectivity index (χ2v) is 4.65. The summed E-state index contributed by atoms with van der Waals surface area (Å²) in [5.41, 5.74) is 2.72. The molecule has 3 aromatic heterocycles.